The molecule has 1 amide bonds. The number of anilines is 1. The number of aromatic nitrogens is 1. The van der Waals surface area contributed by atoms with Gasteiger partial charge in [0, 0.05) is 10.6 Å². The van der Waals surface area contributed by atoms with Crippen molar-refractivity contribution in [2.24, 2.45) is 0 Å². The summed E-state index contributed by atoms with van der Waals surface area (Å²) in [6, 6.07) is 14.4. The molecule has 1 heterocycles. The monoisotopic (exact) mass is 370 g/mol. The summed E-state index contributed by atoms with van der Waals surface area (Å²) in [5.74, 6) is 0.432. The van der Waals surface area contributed by atoms with Gasteiger partial charge in [0.1, 0.15) is 11.4 Å². The fourth-order valence-corrected chi connectivity index (χ4v) is 3.25. The Morgan fingerprint density at radius 3 is 2.42 bits per heavy atom. The van der Waals surface area contributed by atoms with Crippen molar-refractivity contribution in [1.29, 1.82) is 0 Å². The van der Waals surface area contributed by atoms with Gasteiger partial charge in [-0.25, -0.2) is 4.79 Å². The normalized spacial score (nSPS) is 12.0. The Morgan fingerprint density at radius 1 is 1.15 bits per heavy atom. The van der Waals surface area contributed by atoms with E-state index in [2.05, 4.69) is 5.16 Å². The van der Waals surface area contributed by atoms with Crippen LogP contribution in [0.1, 0.15) is 29.9 Å². The van der Waals surface area contributed by atoms with E-state index in [0.717, 1.165) is 11.1 Å². The Kier molecular flexibility index (Phi) is 5.00. The summed E-state index contributed by atoms with van der Waals surface area (Å²) in [6.45, 7) is 5.48. The summed E-state index contributed by atoms with van der Waals surface area (Å²) < 4.78 is 5.34. The Bertz CT molecular complexity index is 934. The highest BCUT2D eigenvalue weighted by Crippen LogP contribution is 2.39. The Labute approximate surface area is 156 Å². The van der Waals surface area contributed by atoms with E-state index in [1.165, 1.54) is 4.90 Å². The highest BCUT2D eigenvalue weighted by molar-refractivity contribution is 6.31. The van der Waals surface area contributed by atoms with Crippen LogP contribution < -0.4 is 4.90 Å². The fraction of sp³-hybridized carbons (Fsp3) is 0.200. The van der Waals surface area contributed by atoms with Gasteiger partial charge in [0.05, 0.1) is 6.04 Å². The first kappa shape index (κ1) is 18.0. The van der Waals surface area contributed by atoms with Gasteiger partial charge in [-0.1, -0.05) is 64.8 Å². The van der Waals surface area contributed by atoms with Crippen LogP contribution in [0.25, 0.3) is 11.3 Å². The number of nitrogens with zero attached hydrogens (tertiary/aromatic N) is 2. The van der Waals surface area contributed by atoms with Crippen LogP contribution in [-0.4, -0.2) is 16.4 Å². The lowest BCUT2D eigenvalue weighted by molar-refractivity contribution is 0.199. The van der Waals surface area contributed by atoms with Gasteiger partial charge >= 0.3 is 6.09 Å². The van der Waals surface area contributed by atoms with Crippen molar-refractivity contribution in [2.45, 2.75) is 26.8 Å². The van der Waals surface area contributed by atoms with Gasteiger partial charge in [0.25, 0.3) is 0 Å². The SMILES string of the molecule is Cc1ccc(-c2noc(C)c2N(C(=O)O)C(C)c2ccccc2Cl)cc1. The number of rotatable bonds is 4. The van der Waals surface area contributed by atoms with Crippen LogP contribution in [0.5, 0.6) is 0 Å². The molecule has 0 aliphatic carbocycles. The summed E-state index contributed by atoms with van der Waals surface area (Å²) in [7, 11) is 0. The number of amides is 1. The van der Waals surface area contributed by atoms with Crippen molar-refractivity contribution < 1.29 is 14.4 Å². The molecule has 134 valence electrons. The van der Waals surface area contributed by atoms with Gasteiger partial charge in [0.2, 0.25) is 0 Å². The molecule has 1 aromatic heterocycles. The first-order chi connectivity index (χ1) is 12.4. The van der Waals surface area contributed by atoms with Crippen molar-refractivity contribution in [2.75, 3.05) is 4.90 Å². The molecule has 0 spiro atoms. The maximum Gasteiger partial charge on any atom is 0.412 e. The molecule has 0 bridgehead atoms. The predicted molar refractivity (Wildman–Crippen MR) is 102 cm³/mol. The highest BCUT2D eigenvalue weighted by Gasteiger charge is 2.31. The second-order valence-corrected chi connectivity index (χ2v) is 6.56. The Morgan fingerprint density at radius 2 is 1.81 bits per heavy atom. The quantitative estimate of drug-likeness (QED) is 0.624. The highest BCUT2D eigenvalue weighted by atomic mass is 35.5. The Balaban J connectivity index is 2.13. The molecule has 2 aromatic carbocycles. The molecule has 0 saturated heterocycles. The van der Waals surface area contributed by atoms with Crippen LogP contribution in [-0.2, 0) is 0 Å². The second-order valence-electron chi connectivity index (χ2n) is 6.15. The molecule has 0 aliphatic heterocycles. The van der Waals surface area contributed by atoms with Gasteiger partial charge in [-0.3, -0.25) is 4.90 Å². The van der Waals surface area contributed by atoms with E-state index in [-0.39, 0.29) is 0 Å². The first-order valence-corrected chi connectivity index (χ1v) is 8.58. The molecule has 3 rings (SSSR count). The maximum absolute atomic E-state index is 12.1. The third kappa shape index (κ3) is 3.30. The number of hydrogen-bond acceptors (Lipinski definition) is 3. The van der Waals surface area contributed by atoms with Crippen molar-refractivity contribution in [1.82, 2.24) is 5.16 Å². The smallest absolute Gasteiger partial charge is 0.412 e. The zero-order valence-electron chi connectivity index (χ0n) is 14.7. The van der Waals surface area contributed by atoms with E-state index in [0.29, 0.717) is 27.7 Å². The van der Waals surface area contributed by atoms with E-state index >= 15 is 0 Å². The predicted octanol–water partition coefficient (Wildman–Crippen LogP) is 5.86. The molecule has 0 fully saturated rings. The molecule has 6 heteroatoms. The number of carboxylic acid groups (broad SMARTS) is 1. The summed E-state index contributed by atoms with van der Waals surface area (Å²) in [5, 5.41) is 14.5. The molecule has 1 unspecified atom stereocenters. The van der Waals surface area contributed by atoms with Crippen LogP contribution in [0, 0.1) is 13.8 Å². The molecule has 0 radical (unpaired) electrons. The van der Waals surface area contributed by atoms with E-state index in [1.54, 1.807) is 19.9 Å². The standard InChI is InChI=1S/C20H19ClN2O3/c1-12-8-10-15(11-9-12)18-19(14(3)26-22-18)23(20(24)25)13(2)16-6-4-5-7-17(16)21/h4-11,13H,1-3H3,(H,24,25). The Hall–Kier alpha value is -2.79. The molecular weight excluding hydrogens is 352 g/mol. The lowest BCUT2D eigenvalue weighted by Crippen LogP contribution is -2.33. The number of carbonyl (C=O) groups is 1. The van der Waals surface area contributed by atoms with E-state index in [9.17, 15) is 9.90 Å². The largest absolute Gasteiger partial charge is 0.465 e. The zero-order valence-corrected chi connectivity index (χ0v) is 15.5. The summed E-state index contributed by atoms with van der Waals surface area (Å²) in [4.78, 5) is 13.4. The van der Waals surface area contributed by atoms with Gasteiger partial charge in [-0.05, 0) is 32.4 Å². The minimum Gasteiger partial charge on any atom is -0.465 e. The topological polar surface area (TPSA) is 66.6 Å². The summed E-state index contributed by atoms with van der Waals surface area (Å²) in [6.07, 6.45) is -1.10. The van der Waals surface area contributed by atoms with Crippen LogP contribution in [0.4, 0.5) is 10.5 Å². The summed E-state index contributed by atoms with van der Waals surface area (Å²) >= 11 is 6.28. The van der Waals surface area contributed by atoms with Gasteiger partial charge in [0.15, 0.2) is 5.76 Å². The van der Waals surface area contributed by atoms with Crippen molar-refractivity contribution in [3.05, 3.63) is 70.4 Å². The molecular formula is C20H19ClN2O3. The van der Waals surface area contributed by atoms with Crippen molar-refractivity contribution >= 4 is 23.4 Å². The molecule has 1 N–H and O–H groups in total. The zero-order chi connectivity index (χ0) is 18.8. The third-order valence-corrected chi connectivity index (χ3v) is 4.69. The van der Waals surface area contributed by atoms with Gasteiger partial charge < -0.3 is 9.63 Å². The average molecular weight is 371 g/mol. The van der Waals surface area contributed by atoms with Crippen molar-refractivity contribution in [3.8, 4) is 11.3 Å². The van der Waals surface area contributed by atoms with Crippen LogP contribution in [0.15, 0.2) is 53.1 Å². The first-order valence-electron chi connectivity index (χ1n) is 8.20. The van der Waals surface area contributed by atoms with E-state index in [4.69, 9.17) is 16.1 Å². The molecule has 0 saturated carbocycles. The number of halogens is 1. The van der Waals surface area contributed by atoms with Gasteiger partial charge in [-0.15, -0.1) is 0 Å². The number of benzene rings is 2. The van der Waals surface area contributed by atoms with Crippen molar-refractivity contribution in [3.63, 3.8) is 0 Å². The molecule has 0 aliphatic rings. The van der Waals surface area contributed by atoms with E-state index in [1.807, 2.05) is 49.4 Å². The number of hydrogen-bond donors (Lipinski definition) is 1. The van der Waals surface area contributed by atoms with E-state index < -0.39 is 12.1 Å². The van der Waals surface area contributed by atoms with Gasteiger partial charge in [-0.2, -0.15) is 0 Å². The minimum absolute atomic E-state index is 0.425. The fourth-order valence-electron chi connectivity index (χ4n) is 2.96. The summed E-state index contributed by atoms with van der Waals surface area (Å²) in [5.41, 5.74) is 3.53. The molecule has 5 nitrogen and oxygen atoms in total. The minimum atomic E-state index is -1.10. The van der Waals surface area contributed by atoms with Crippen LogP contribution in [0.2, 0.25) is 5.02 Å². The average Bonchev–Trinajstić information content (AvgIpc) is 2.97. The molecule has 3 aromatic rings. The van der Waals surface area contributed by atoms with Crippen LogP contribution >= 0.6 is 11.6 Å². The lowest BCUT2D eigenvalue weighted by atomic mass is 10.0. The third-order valence-electron chi connectivity index (χ3n) is 4.35. The second kappa shape index (κ2) is 7.22. The molecule has 1 atom stereocenters. The van der Waals surface area contributed by atoms with Crippen LogP contribution in [0.3, 0.4) is 0 Å². The lowest BCUT2D eigenvalue weighted by Gasteiger charge is -2.27. The number of aryl methyl sites for hydroxylation is 2. The maximum atomic E-state index is 12.1. The molecule has 26 heavy (non-hydrogen) atoms.